The van der Waals surface area contributed by atoms with Gasteiger partial charge in [0, 0.05) is 12.3 Å². The molecule has 1 aliphatic carbocycles. The summed E-state index contributed by atoms with van der Waals surface area (Å²) >= 11 is 0. The van der Waals surface area contributed by atoms with Gasteiger partial charge in [-0.05, 0) is 36.7 Å². The third kappa shape index (κ3) is 4.34. The summed E-state index contributed by atoms with van der Waals surface area (Å²) in [6.07, 6.45) is 11.7. The van der Waals surface area contributed by atoms with Gasteiger partial charge < -0.3 is 9.72 Å². The van der Waals surface area contributed by atoms with Crippen LogP contribution in [-0.2, 0) is 11.2 Å². The lowest BCUT2D eigenvalue weighted by Gasteiger charge is -2.12. The summed E-state index contributed by atoms with van der Waals surface area (Å²) in [5, 5.41) is 0. The van der Waals surface area contributed by atoms with Gasteiger partial charge in [0.1, 0.15) is 0 Å². The van der Waals surface area contributed by atoms with Crippen molar-refractivity contribution >= 4 is 0 Å². The smallest absolute Gasteiger partial charge is 0.0925 e. The van der Waals surface area contributed by atoms with Crippen molar-refractivity contribution in [3.63, 3.8) is 0 Å². The zero-order valence-electron chi connectivity index (χ0n) is 12.9. The molecule has 2 rings (SSSR count). The van der Waals surface area contributed by atoms with Crippen molar-refractivity contribution in [2.75, 3.05) is 13.2 Å². The Kier molecular flexibility index (Phi) is 5.60. The number of ether oxygens (including phenoxy) is 1. The highest BCUT2D eigenvalue weighted by Crippen LogP contribution is 2.17. The molecule has 0 aliphatic heterocycles. The summed E-state index contributed by atoms with van der Waals surface area (Å²) < 4.78 is 5.75. The molecule has 1 unspecified atom stereocenters. The molecule has 3 heteroatoms. The number of H-pyrrole nitrogens is 1. The minimum Gasteiger partial charge on any atom is -0.377 e. The molecule has 0 radical (unpaired) electrons. The molecule has 1 heterocycles. The summed E-state index contributed by atoms with van der Waals surface area (Å²) in [4.78, 5) is 7.62. The lowest BCUT2D eigenvalue weighted by Crippen LogP contribution is -2.04. The van der Waals surface area contributed by atoms with Crippen LogP contribution in [0.4, 0.5) is 0 Å². The second-order valence-corrected chi connectivity index (χ2v) is 5.93. The van der Waals surface area contributed by atoms with Crippen molar-refractivity contribution in [2.45, 2.75) is 46.0 Å². The standard InChI is InChI=1S/C17H26N2O/c1-13(2)17-16(18-12-19-17)5-4-10-20-11-15-8-6-14(3)7-9-15/h6,8-9,12-14H,4-5,7,10-11H2,1-3H3,(H,18,19). The minimum atomic E-state index is 0.483. The fraction of sp³-hybridized carbons (Fsp3) is 0.588. The van der Waals surface area contributed by atoms with Crippen LogP contribution >= 0.6 is 0 Å². The van der Waals surface area contributed by atoms with Crippen LogP contribution in [0.5, 0.6) is 0 Å². The van der Waals surface area contributed by atoms with Crippen molar-refractivity contribution in [1.29, 1.82) is 0 Å². The van der Waals surface area contributed by atoms with Crippen molar-refractivity contribution in [3.8, 4) is 0 Å². The van der Waals surface area contributed by atoms with Gasteiger partial charge >= 0.3 is 0 Å². The van der Waals surface area contributed by atoms with Crippen molar-refractivity contribution in [2.24, 2.45) is 5.92 Å². The van der Waals surface area contributed by atoms with E-state index in [1.165, 1.54) is 17.0 Å². The quantitative estimate of drug-likeness (QED) is 0.763. The number of aromatic nitrogens is 2. The number of imidazole rings is 1. The molecule has 0 spiro atoms. The van der Waals surface area contributed by atoms with Gasteiger partial charge in [0.25, 0.3) is 0 Å². The van der Waals surface area contributed by atoms with Crippen LogP contribution in [0.3, 0.4) is 0 Å². The van der Waals surface area contributed by atoms with Gasteiger partial charge in [-0.3, -0.25) is 0 Å². The minimum absolute atomic E-state index is 0.483. The van der Waals surface area contributed by atoms with E-state index in [-0.39, 0.29) is 0 Å². The summed E-state index contributed by atoms with van der Waals surface area (Å²) in [6, 6.07) is 0. The summed E-state index contributed by atoms with van der Waals surface area (Å²) in [6.45, 7) is 8.14. The average molecular weight is 274 g/mol. The first-order chi connectivity index (χ1) is 9.66. The number of hydrogen-bond donors (Lipinski definition) is 1. The van der Waals surface area contributed by atoms with Gasteiger partial charge in [-0.1, -0.05) is 39.0 Å². The summed E-state index contributed by atoms with van der Waals surface area (Å²) in [5.74, 6) is 1.16. The number of rotatable bonds is 7. The third-order valence-electron chi connectivity index (χ3n) is 3.67. The molecular formula is C17H26N2O. The molecule has 1 aromatic heterocycles. The number of aromatic amines is 1. The molecule has 0 aromatic carbocycles. The Bertz CT molecular complexity index is 471. The largest absolute Gasteiger partial charge is 0.377 e. The maximum absolute atomic E-state index is 5.75. The topological polar surface area (TPSA) is 37.9 Å². The highest BCUT2D eigenvalue weighted by atomic mass is 16.5. The van der Waals surface area contributed by atoms with Crippen LogP contribution in [0.1, 0.15) is 50.9 Å². The lowest BCUT2D eigenvalue weighted by molar-refractivity contribution is 0.154. The number of hydrogen-bond acceptors (Lipinski definition) is 2. The second-order valence-electron chi connectivity index (χ2n) is 5.93. The van der Waals surface area contributed by atoms with Crippen LogP contribution in [0.15, 0.2) is 30.1 Å². The molecule has 3 nitrogen and oxygen atoms in total. The maximum atomic E-state index is 5.75. The Balaban J connectivity index is 1.65. The molecule has 110 valence electrons. The van der Waals surface area contributed by atoms with E-state index in [0.717, 1.165) is 32.5 Å². The zero-order valence-corrected chi connectivity index (χ0v) is 12.9. The fourth-order valence-corrected chi connectivity index (χ4v) is 2.45. The molecule has 1 aromatic rings. The first-order valence-corrected chi connectivity index (χ1v) is 7.64. The number of aryl methyl sites for hydroxylation is 1. The molecular weight excluding hydrogens is 248 g/mol. The van der Waals surface area contributed by atoms with E-state index < -0.39 is 0 Å². The van der Waals surface area contributed by atoms with Gasteiger partial charge in [0.2, 0.25) is 0 Å². The highest BCUT2D eigenvalue weighted by Gasteiger charge is 2.09. The summed E-state index contributed by atoms with van der Waals surface area (Å²) in [7, 11) is 0. The Labute approximate surface area is 122 Å². The normalized spacial score (nSPS) is 18.6. The molecule has 0 amide bonds. The predicted molar refractivity (Wildman–Crippen MR) is 82.8 cm³/mol. The Hall–Kier alpha value is -1.35. The van der Waals surface area contributed by atoms with Crippen molar-refractivity contribution < 1.29 is 4.74 Å². The first kappa shape index (κ1) is 15.0. The van der Waals surface area contributed by atoms with E-state index >= 15 is 0 Å². The molecule has 0 saturated heterocycles. The summed E-state index contributed by atoms with van der Waals surface area (Å²) in [5.41, 5.74) is 3.76. The second kappa shape index (κ2) is 7.44. The highest BCUT2D eigenvalue weighted by molar-refractivity contribution is 5.23. The predicted octanol–water partition coefficient (Wildman–Crippen LogP) is 4.00. The van der Waals surface area contributed by atoms with E-state index in [4.69, 9.17) is 4.74 Å². The fourth-order valence-electron chi connectivity index (χ4n) is 2.45. The van der Waals surface area contributed by atoms with Crippen LogP contribution in [0, 0.1) is 5.92 Å². The Morgan fingerprint density at radius 1 is 1.45 bits per heavy atom. The molecule has 1 N–H and O–H groups in total. The van der Waals surface area contributed by atoms with E-state index in [1.54, 1.807) is 6.33 Å². The lowest BCUT2D eigenvalue weighted by atomic mass is 9.99. The monoisotopic (exact) mass is 274 g/mol. The van der Waals surface area contributed by atoms with E-state index in [1.807, 2.05) is 0 Å². The van der Waals surface area contributed by atoms with Crippen LogP contribution in [0.2, 0.25) is 0 Å². The molecule has 0 fully saturated rings. The zero-order chi connectivity index (χ0) is 14.4. The van der Waals surface area contributed by atoms with Crippen molar-refractivity contribution in [3.05, 3.63) is 41.5 Å². The number of nitrogens with zero attached hydrogens (tertiary/aromatic N) is 1. The molecule has 1 atom stereocenters. The number of nitrogens with one attached hydrogen (secondary N) is 1. The van der Waals surface area contributed by atoms with Crippen LogP contribution in [-0.4, -0.2) is 23.2 Å². The molecule has 0 saturated carbocycles. The van der Waals surface area contributed by atoms with E-state index in [2.05, 4.69) is 49.0 Å². The van der Waals surface area contributed by atoms with Gasteiger partial charge in [0.15, 0.2) is 0 Å². The Morgan fingerprint density at radius 2 is 2.30 bits per heavy atom. The molecule has 20 heavy (non-hydrogen) atoms. The molecule has 0 bridgehead atoms. The van der Waals surface area contributed by atoms with Gasteiger partial charge in [-0.2, -0.15) is 0 Å². The van der Waals surface area contributed by atoms with Crippen LogP contribution in [0.25, 0.3) is 0 Å². The van der Waals surface area contributed by atoms with Gasteiger partial charge in [-0.25, -0.2) is 4.98 Å². The van der Waals surface area contributed by atoms with Crippen molar-refractivity contribution in [1.82, 2.24) is 9.97 Å². The van der Waals surface area contributed by atoms with Gasteiger partial charge in [-0.15, -0.1) is 0 Å². The number of allylic oxidation sites excluding steroid dienone is 2. The van der Waals surface area contributed by atoms with E-state index in [0.29, 0.717) is 11.8 Å². The maximum Gasteiger partial charge on any atom is 0.0925 e. The first-order valence-electron chi connectivity index (χ1n) is 7.64. The Morgan fingerprint density at radius 3 is 3.00 bits per heavy atom. The third-order valence-corrected chi connectivity index (χ3v) is 3.67. The van der Waals surface area contributed by atoms with Crippen LogP contribution < -0.4 is 0 Å². The van der Waals surface area contributed by atoms with E-state index in [9.17, 15) is 0 Å². The SMILES string of the molecule is CC1C=CC(COCCCc2[nH]cnc2C(C)C)=CC1. The average Bonchev–Trinajstić information content (AvgIpc) is 2.89. The van der Waals surface area contributed by atoms with Gasteiger partial charge in [0.05, 0.1) is 18.6 Å². The molecule has 1 aliphatic rings.